The SMILES string of the molecule is COc1cccc2c(N)nc(CC(C)N)nc12. The molecule has 0 aliphatic rings. The van der Waals surface area contributed by atoms with Gasteiger partial charge in [-0.25, -0.2) is 9.97 Å². The number of aromatic nitrogens is 2. The van der Waals surface area contributed by atoms with Crippen molar-refractivity contribution >= 4 is 16.7 Å². The number of rotatable bonds is 3. The maximum absolute atomic E-state index is 5.91. The monoisotopic (exact) mass is 232 g/mol. The molecule has 5 heteroatoms. The minimum atomic E-state index is 0.00144. The predicted molar refractivity (Wildman–Crippen MR) is 67.9 cm³/mol. The lowest BCUT2D eigenvalue weighted by Gasteiger charge is -2.09. The highest BCUT2D eigenvalue weighted by Crippen LogP contribution is 2.26. The molecule has 4 N–H and O–H groups in total. The van der Waals surface area contributed by atoms with Crippen LogP contribution in [0.5, 0.6) is 5.75 Å². The zero-order chi connectivity index (χ0) is 12.4. The van der Waals surface area contributed by atoms with Crippen molar-refractivity contribution in [1.29, 1.82) is 0 Å². The third-order valence-corrected chi connectivity index (χ3v) is 2.49. The van der Waals surface area contributed by atoms with E-state index in [1.165, 1.54) is 0 Å². The third kappa shape index (κ3) is 2.29. The number of nitrogen functional groups attached to an aromatic ring is 1. The van der Waals surface area contributed by atoms with Gasteiger partial charge >= 0.3 is 0 Å². The van der Waals surface area contributed by atoms with Crippen LogP contribution in [0.1, 0.15) is 12.7 Å². The van der Waals surface area contributed by atoms with Gasteiger partial charge in [0.1, 0.15) is 22.9 Å². The minimum Gasteiger partial charge on any atom is -0.494 e. The minimum absolute atomic E-state index is 0.00144. The van der Waals surface area contributed by atoms with Crippen molar-refractivity contribution in [2.24, 2.45) is 5.73 Å². The number of fused-ring (bicyclic) bond motifs is 1. The molecule has 1 heterocycles. The van der Waals surface area contributed by atoms with E-state index >= 15 is 0 Å². The summed E-state index contributed by atoms with van der Waals surface area (Å²) in [6.07, 6.45) is 0.595. The molecule has 0 bridgehead atoms. The van der Waals surface area contributed by atoms with Crippen LogP contribution >= 0.6 is 0 Å². The molecule has 2 aromatic rings. The summed E-state index contributed by atoms with van der Waals surface area (Å²) in [5.41, 5.74) is 12.4. The van der Waals surface area contributed by atoms with Crippen LogP contribution in [0.2, 0.25) is 0 Å². The van der Waals surface area contributed by atoms with Gasteiger partial charge in [-0.2, -0.15) is 0 Å². The molecule has 0 aliphatic carbocycles. The van der Waals surface area contributed by atoms with Crippen molar-refractivity contribution < 1.29 is 4.74 Å². The van der Waals surface area contributed by atoms with Gasteiger partial charge in [0.25, 0.3) is 0 Å². The van der Waals surface area contributed by atoms with Gasteiger partial charge in [0.2, 0.25) is 0 Å². The number of hydrogen-bond acceptors (Lipinski definition) is 5. The highest BCUT2D eigenvalue weighted by Gasteiger charge is 2.10. The number of anilines is 1. The fraction of sp³-hybridized carbons (Fsp3) is 0.333. The standard InChI is InChI=1S/C12H16N4O/c1-7(13)6-10-15-11-8(12(14)16-10)4-3-5-9(11)17-2/h3-5,7H,6,13H2,1-2H3,(H2,14,15,16). The van der Waals surface area contributed by atoms with Gasteiger partial charge in [-0.05, 0) is 19.1 Å². The molecule has 5 nitrogen and oxygen atoms in total. The Bertz CT molecular complexity index is 539. The van der Waals surface area contributed by atoms with E-state index in [1.54, 1.807) is 7.11 Å². The molecular formula is C12H16N4O. The lowest BCUT2D eigenvalue weighted by molar-refractivity contribution is 0.418. The van der Waals surface area contributed by atoms with Crippen LogP contribution in [-0.2, 0) is 6.42 Å². The van der Waals surface area contributed by atoms with Crippen molar-refractivity contribution in [3.8, 4) is 5.75 Å². The first-order chi connectivity index (χ1) is 8.11. The van der Waals surface area contributed by atoms with Gasteiger partial charge in [0.05, 0.1) is 7.11 Å². The molecule has 0 amide bonds. The molecule has 0 aliphatic heterocycles. The second kappa shape index (κ2) is 4.55. The van der Waals surface area contributed by atoms with Gasteiger partial charge < -0.3 is 16.2 Å². The molecule has 1 atom stereocenters. The number of ether oxygens (including phenoxy) is 1. The molecule has 0 radical (unpaired) electrons. The molecule has 0 spiro atoms. The summed E-state index contributed by atoms with van der Waals surface area (Å²) in [6, 6.07) is 5.60. The third-order valence-electron chi connectivity index (χ3n) is 2.49. The van der Waals surface area contributed by atoms with Crippen LogP contribution in [-0.4, -0.2) is 23.1 Å². The van der Waals surface area contributed by atoms with Crippen molar-refractivity contribution in [3.63, 3.8) is 0 Å². The van der Waals surface area contributed by atoms with Gasteiger partial charge in [0.15, 0.2) is 0 Å². The van der Waals surface area contributed by atoms with Crippen LogP contribution in [0.25, 0.3) is 10.9 Å². The maximum atomic E-state index is 5.91. The van der Waals surface area contributed by atoms with Gasteiger partial charge in [-0.15, -0.1) is 0 Å². The zero-order valence-electron chi connectivity index (χ0n) is 9.97. The largest absolute Gasteiger partial charge is 0.494 e. The van der Waals surface area contributed by atoms with E-state index < -0.39 is 0 Å². The summed E-state index contributed by atoms with van der Waals surface area (Å²) in [4.78, 5) is 8.70. The predicted octanol–water partition coefficient (Wildman–Crippen LogP) is 1.11. The van der Waals surface area contributed by atoms with E-state index in [0.717, 1.165) is 10.9 Å². The van der Waals surface area contributed by atoms with E-state index in [0.29, 0.717) is 23.8 Å². The normalized spacial score (nSPS) is 12.6. The molecule has 1 aromatic heterocycles. The summed E-state index contributed by atoms with van der Waals surface area (Å²) in [6.45, 7) is 1.91. The van der Waals surface area contributed by atoms with Crippen LogP contribution in [0.3, 0.4) is 0 Å². The Morgan fingerprint density at radius 3 is 2.76 bits per heavy atom. The van der Waals surface area contributed by atoms with Crippen LogP contribution in [0.4, 0.5) is 5.82 Å². The number of methoxy groups -OCH3 is 1. The second-order valence-corrected chi connectivity index (χ2v) is 4.06. The van der Waals surface area contributed by atoms with Crippen molar-refractivity contribution in [1.82, 2.24) is 9.97 Å². The molecule has 1 unspecified atom stereocenters. The Morgan fingerprint density at radius 1 is 1.35 bits per heavy atom. The fourth-order valence-corrected chi connectivity index (χ4v) is 1.74. The molecule has 0 fully saturated rings. The lowest BCUT2D eigenvalue weighted by atomic mass is 10.2. The van der Waals surface area contributed by atoms with E-state index in [4.69, 9.17) is 16.2 Å². The number of para-hydroxylation sites is 1. The summed E-state index contributed by atoms with van der Waals surface area (Å²) in [7, 11) is 1.61. The Morgan fingerprint density at radius 2 is 2.12 bits per heavy atom. The topological polar surface area (TPSA) is 87.0 Å². The van der Waals surface area contributed by atoms with E-state index in [1.807, 2.05) is 25.1 Å². The molecule has 2 rings (SSSR count). The molecule has 0 saturated carbocycles. The molecule has 0 saturated heterocycles. The maximum Gasteiger partial charge on any atom is 0.145 e. The second-order valence-electron chi connectivity index (χ2n) is 4.06. The van der Waals surface area contributed by atoms with E-state index in [-0.39, 0.29) is 6.04 Å². The van der Waals surface area contributed by atoms with Crippen LogP contribution in [0, 0.1) is 0 Å². The summed E-state index contributed by atoms with van der Waals surface area (Å²) in [5, 5.41) is 0.803. The first kappa shape index (κ1) is 11.6. The van der Waals surface area contributed by atoms with Crippen LogP contribution < -0.4 is 16.2 Å². The highest BCUT2D eigenvalue weighted by atomic mass is 16.5. The summed E-state index contributed by atoms with van der Waals surface area (Å²) in [5.74, 6) is 1.81. The van der Waals surface area contributed by atoms with Crippen molar-refractivity contribution in [2.45, 2.75) is 19.4 Å². The average molecular weight is 232 g/mol. The summed E-state index contributed by atoms with van der Waals surface area (Å²) < 4.78 is 5.27. The van der Waals surface area contributed by atoms with Crippen LogP contribution in [0.15, 0.2) is 18.2 Å². The number of nitrogens with two attached hydrogens (primary N) is 2. The smallest absolute Gasteiger partial charge is 0.145 e. The summed E-state index contributed by atoms with van der Waals surface area (Å²) >= 11 is 0. The molecule has 17 heavy (non-hydrogen) atoms. The molecule has 1 aromatic carbocycles. The average Bonchev–Trinajstić information content (AvgIpc) is 2.27. The Kier molecular flexibility index (Phi) is 3.10. The fourth-order valence-electron chi connectivity index (χ4n) is 1.74. The molecular weight excluding hydrogens is 216 g/mol. The Labute approximate surface area is 99.8 Å². The number of benzene rings is 1. The highest BCUT2D eigenvalue weighted by molar-refractivity contribution is 5.92. The lowest BCUT2D eigenvalue weighted by Crippen LogP contribution is -2.19. The van der Waals surface area contributed by atoms with E-state index in [2.05, 4.69) is 9.97 Å². The van der Waals surface area contributed by atoms with Gasteiger partial charge in [-0.3, -0.25) is 0 Å². The Hall–Kier alpha value is -1.88. The van der Waals surface area contributed by atoms with Crippen molar-refractivity contribution in [2.75, 3.05) is 12.8 Å². The van der Waals surface area contributed by atoms with Gasteiger partial charge in [0, 0.05) is 17.8 Å². The zero-order valence-corrected chi connectivity index (χ0v) is 9.97. The quantitative estimate of drug-likeness (QED) is 0.827. The van der Waals surface area contributed by atoms with Crippen molar-refractivity contribution in [3.05, 3.63) is 24.0 Å². The van der Waals surface area contributed by atoms with Gasteiger partial charge in [-0.1, -0.05) is 6.07 Å². The first-order valence-electron chi connectivity index (χ1n) is 5.46. The number of hydrogen-bond donors (Lipinski definition) is 2. The van der Waals surface area contributed by atoms with E-state index in [9.17, 15) is 0 Å². The number of nitrogens with zero attached hydrogens (tertiary/aromatic N) is 2. The molecule has 90 valence electrons. The first-order valence-corrected chi connectivity index (χ1v) is 5.46. The Balaban J connectivity index is 2.61.